The van der Waals surface area contributed by atoms with Crippen LogP contribution in [0.4, 0.5) is 5.13 Å². The monoisotopic (exact) mass is 461 g/mol. The zero-order valence-corrected chi connectivity index (χ0v) is 18.4. The van der Waals surface area contributed by atoms with Crippen LogP contribution in [-0.4, -0.2) is 36.7 Å². The van der Waals surface area contributed by atoms with E-state index in [-0.39, 0.29) is 10.8 Å². The van der Waals surface area contributed by atoms with Gasteiger partial charge in [0, 0.05) is 34.6 Å². The second-order valence-corrected chi connectivity index (χ2v) is 10.2. The molecule has 1 N–H and O–H groups in total. The number of amides is 1. The minimum atomic E-state index is -3.52. The zero-order valence-electron chi connectivity index (χ0n) is 16.0. The molecule has 0 saturated carbocycles. The summed E-state index contributed by atoms with van der Waals surface area (Å²) in [6.45, 7) is 1.09. The van der Waals surface area contributed by atoms with Gasteiger partial charge in [-0.05, 0) is 43.2 Å². The van der Waals surface area contributed by atoms with Crippen LogP contribution in [0.5, 0.6) is 0 Å². The third kappa shape index (κ3) is 4.41. The van der Waals surface area contributed by atoms with E-state index in [1.54, 1.807) is 6.07 Å². The molecule has 9 heteroatoms. The number of nitrogens with zero attached hydrogens (tertiary/aromatic N) is 2. The molecule has 0 spiro atoms. The average molecular weight is 462 g/mol. The van der Waals surface area contributed by atoms with Gasteiger partial charge in [-0.3, -0.25) is 10.1 Å². The molecule has 4 rings (SSSR count). The van der Waals surface area contributed by atoms with E-state index < -0.39 is 10.0 Å². The van der Waals surface area contributed by atoms with Crippen molar-refractivity contribution in [2.24, 2.45) is 0 Å². The molecule has 1 amide bonds. The lowest BCUT2D eigenvalue weighted by atomic mass is 10.2. The zero-order chi connectivity index (χ0) is 21.1. The molecule has 1 saturated heterocycles. The molecule has 2 aromatic carbocycles. The predicted molar refractivity (Wildman–Crippen MR) is 120 cm³/mol. The van der Waals surface area contributed by atoms with Crippen LogP contribution in [0.1, 0.15) is 29.6 Å². The molecule has 0 aliphatic carbocycles. The number of aromatic nitrogens is 1. The number of carbonyl (C=O) groups is 1. The number of thiazole rings is 1. The molecule has 156 valence electrons. The molecule has 3 aromatic rings. The fourth-order valence-electron chi connectivity index (χ4n) is 3.33. The van der Waals surface area contributed by atoms with Gasteiger partial charge in [0.25, 0.3) is 5.91 Å². The molecule has 1 aliphatic rings. The van der Waals surface area contributed by atoms with Crippen molar-refractivity contribution in [3.8, 4) is 11.3 Å². The predicted octanol–water partition coefficient (Wildman–Crippen LogP) is 4.89. The van der Waals surface area contributed by atoms with Gasteiger partial charge >= 0.3 is 0 Å². The van der Waals surface area contributed by atoms with Crippen LogP contribution in [0.25, 0.3) is 11.3 Å². The first-order valence-electron chi connectivity index (χ1n) is 9.57. The summed E-state index contributed by atoms with van der Waals surface area (Å²) in [6.07, 6.45) is 2.81. The Bertz CT molecular complexity index is 1150. The summed E-state index contributed by atoms with van der Waals surface area (Å²) in [7, 11) is -3.52. The van der Waals surface area contributed by atoms with Crippen molar-refractivity contribution in [3.05, 3.63) is 64.5 Å². The van der Waals surface area contributed by atoms with Gasteiger partial charge in [0.2, 0.25) is 10.0 Å². The molecule has 0 atom stereocenters. The van der Waals surface area contributed by atoms with E-state index in [4.69, 9.17) is 11.6 Å². The lowest BCUT2D eigenvalue weighted by Gasteiger charge is -2.25. The topological polar surface area (TPSA) is 79.4 Å². The summed E-state index contributed by atoms with van der Waals surface area (Å²) >= 11 is 7.50. The highest BCUT2D eigenvalue weighted by Gasteiger charge is 2.26. The molecular formula is C21H20ClN3O3S2. The van der Waals surface area contributed by atoms with Crippen LogP contribution in [-0.2, 0) is 10.0 Å². The fraction of sp³-hybridized carbons (Fsp3) is 0.238. The summed E-state index contributed by atoms with van der Waals surface area (Å²) in [5.41, 5.74) is 1.84. The van der Waals surface area contributed by atoms with E-state index >= 15 is 0 Å². The third-order valence-electron chi connectivity index (χ3n) is 4.94. The normalized spacial score (nSPS) is 15.1. The summed E-state index contributed by atoms with van der Waals surface area (Å²) < 4.78 is 27.0. The minimum Gasteiger partial charge on any atom is -0.298 e. The Morgan fingerprint density at radius 1 is 1.03 bits per heavy atom. The van der Waals surface area contributed by atoms with E-state index in [0.717, 1.165) is 24.8 Å². The Balaban J connectivity index is 1.46. The molecule has 1 fully saturated rings. The lowest BCUT2D eigenvalue weighted by Crippen LogP contribution is -2.35. The number of piperidine rings is 1. The second-order valence-electron chi connectivity index (χ2n) is 6.96. The Kier molecular flexibility index (Phi) is 6.19. The Labute approximate surface area is 184 Å². The lowest BCUT2D eigenvalue weighted by molar-refractivity contribution is 0.102. The number of sulfonamides is 1. The van der Waals surface area contributed by atoms with Gasteiger partial charge in [0.05, 0.1) is 10.6 Å². The van der Waals surface area contributed by atoms with E-state index in [1.165, 1.54) is 39.9 Å². The summed E-state index contributed by atoms with van der Waals surface area (Å²) in [5.74, 6) is -0.350. The number of nitrogens with one attached hydrogen (secondary N) is 1. The van der Waals surface area contributed by atoms with Crippen molar-refractivity contribution in [2.75, 3.05) is 18.4 Å². The van der Waals surface area contributed by atoms with Crippen molar-refractivity contribution in [2.45, 2.75) is 24.2 Å². The van der Waals surface area contributed by atoms with Gasteiger partial charge in [-0.25, -0.2) is 13.4 Å². The van der Waals surface area contributed by atoms with Gasteiger partial charge in [0.15, 0.2) is 5.13 Å². The van der Waals surface area contributed by atoms with Crippen LogP contribution in [0.2, 0.25) is 5.02 Å². The molecule has 30 heavy (non-hydrogen) atoms. The van der Waals surface area contributed by atoms with Crippen LogP contribution in [0.15, 0.2) is 58.8 Å². The Morgan fingerprint density at radius 2 is 1.73 bits per heavy atom. The standard InChI is InChI=1S/C21H20ClN3O3S2/c22-18-7-3-2-6-17(18)19-14-29-21(23-19)24-20(26)15-8-10-16(11-9-15)30(27,28)25-12-4-1-5-13-25/h2-3,6-11,14H,1,4-5,12-13H2,(H,23,24,26). The molecule has 6 nitrogen and oxygen atoms in total. The van der Waals surface area contributed by atoms with Crippen molar-refractivity contribution in [3.63, 3.8) is 0 Å². The van der Waals surface area contributed by atoms with Crippen molar-refractivity contribution in [1.29, 1.82) is 0 Å². The van der Waals surface area contributed by atoms with Crippen LogP contribution in [0, 0.1) is 0 Å². The van der Waals surface area contributed by atoms with Gasteiger partial charge < -0.3 is 0 Å². The number of benzene rings is 2. The largest absolute Gasteiger partial charge is 0.298 e. The minimum absolute atomic E-state index is 0.205. The molecule has 1 aliphatic heterocycles. The highest BCUT2D eigenvalue weighted by molar-refractivity contribution is 7.89. The van der Waals surface area contributed by atoms with Crippen LogP contribution in [0.3, 0.4) is 0 Å². The maximum absolute atomic E-state index is 12.7. The second kappa shape index (κ2) is 8.85. The SMILES string of the molecule is O=C(Nc1nc(-c2ccccc2Cl)cs1)c1ccc(S(=O)(=O)N2CCCCC2)cc1. The molecule has 0 unspecified atom stereocenters. The molecule has 1 aromatic heterocycles. The molecule has 2 heterocycles. The maximum Gasteiger partial charge on any atom is 0.257 e. The number of hydrogen-bond donors (Lipinski definition) is 1. The number of halogens is 1. The summed E-state index contributed by atoms with van der Waals surface area (Å²) in [4.78, 5) is 17.2. The highest BCUT2D eigenvalue weighted by Crippen LogP contribution is 2.30. The van der Waals surface area contributed by atoms with Crippen molar-refractivity contribution in [1.82, 2.24) is 9.29 Å². The highest BCUT2D eigenvalue weighted by atomic mass is 35.5. The number of hydrogen-bond acceptors (Lipinski definition) is 5. The first-order valence-corrected chi connectivity index (χ1v) is 12.3. The van der Waals surface area contributed by atoms with E-state index in [1.807, 2.05) is 23.6 Å². The van der Waals surface area contributed by atoms with Gasteiger partial charge in [-0.1, -0.05) is 36.2 Å². The quantitative estimate of drug-likeness (QED) is 0.586. The van der Waals surface area contributed by atoms with Crippen molar-refractivity contribution >= 4 is 44.0 Å². The third-order valence-corrected chi connectivity index (χ3v) is 7.94. The van der Waals surface area contributed by atoms with Gasteiger partial charge in [-0.2, -0.15) is 4.31 Å². The smallest absolute Gasteiger partial charge is 0.257 e. The van der Waals surface area contributed by atoms with Gasteiger partial charge in [0.1, 0.15) is 0 Å². The Morgan fingerprint density at radius 3 is 2.43 bits per heavy atom. The first-order chi connectivity index (χ1) is 14.4. The summed E-state index contributed by atoms with van der Waals surface area (Å²) in [5, 5.41) is 5.61. The number of anilines is 1. The van der Waals surface area contributed by atoms with E-state index in [2.05, 4.69) is 10.3 Å². The van der Waals surface area contributed by atoms with Crippen LogP contribution < -0.4 is 5.32 Å². The fourth-order valence-corrected chi connectivity index (χ4v) is 5.78. The van der Waals surface area contributed by atoms with Crippen molar-refractivity contribution < 1.29 is 13.2 Å². The number of carbonyl (C=O) groups excluding carboxylic acids is 1. The molecule has 0 radical (unpaired) electrons. The van der Waals surface area contributed by atoms with E-state index in [9.17, 15) is 13.2 Å². The molecular weight excluding hydrogens is 442 g/mol. The van der Waals surface area contributed by atoms with Gasteiger partial charge in [-0.15, -0.1) is 11.3 Å². The summed E-state index contributed by atoms with van der Waals surface area (Å²) in [6, 6.07) is 13.4. The number of rotatable bonds is 5. The van der Waals surface area contributed by atoms with E-state index in [0.29, 0.717) is 34.5 Å². The first kappa shape index (κ1) is 21.0. The molecule has 0 bridgehead atoms. The average Bonchev–Trinajstić information content (AvgIpc) is 3.23. The van der Waals surface area contributed by atoms with Crippen LogP contribution >= 0.6 is 22.9 Å². The maximum atomic E-state index is 12.7. The Hall–Kier alpha value is -2.26.